The molecule has 2 heterocycles. The van der Waals surface area contributed by atoms with Crippen LogP contribution in [0.2, 0.25) is 10.2 Å². The van der Waals surface area contributed by atoms with Crippen LogP contribution in [-0.4, -0.2) is 43.9 Å². The molecule has 146 valence electrons. The first kappa shape index (κ1) is 19.9. The van der Waals surface area contributed by atoms with Crippen molar-refractivity contribution in [3.63, 3.8) is 0 Å². The minimum absolute atomic E-state index is 0.538. The zero-order valence-corrected chi connectivity index (χ0v) is 17.1. The van der Waals surface area contributed by atoms with Gasteiger partial charge >= 0.3 is 0 Å². The minimum atomic E-state index is 0.538. The summed E-state index contributed by atoms with van der Waals surface area (Å²) < 4.78 is 7.32. The summed E-state index contributed by atoms with van der Waals surface area (Å²) in [5.41, 5.74) is 3.46. The van der Waals surface area contributed by atoms with E-state index in [9.17, 15) is 0 Å². The number of nitrogens with zero attached hydrogens (tertiary/aromatic N) is 3. The van der Waals surface area contributed by atoms with Gasteiger partial charge in [-0.1, -0.05) is 41.4 Å². The molecule has 0 atom stereocenters. The number of morpholine rings is 1. The van der Waals surface area contributed by atoms with Gasteiger partial charge in [0.25, 0.3) is 0 Å². The Bertz CT molecular complexity index is 799. The average molecular weight is 410 g/mol. The summed E-state index contributed by atoms with van der Waals surface area (Å²) in [5.74, 6) is 0.722. The molecule has 0 spiro atoms. The van der Waals surface area contributed by atoms with Crippen LogP contribution in [0.25, 0.3) is 0 Å². The Labute approximate surface area is 170 Å². The van der Waals surface area contributed by atoms with Gasteiger partial charge in [0.05, 0.1) is 24.8 Å². The van der Waals surface area contributed by atoms with Crippen LogP contribution >= 0.6 is 23.2 Å². The van der Waals surface area contributed by atoms with Gasteiger partial charge in [0, 0.05) is 45.1 Å². The smallest absolute Gasteiger partial charge is 0.191 e. The molecule has 2 aromatic rings. The third kappa shape index (κ3) is 4.89. The van der Waals surface area contributed by atoms with E-state index in [-0.39, 0.29) is 0 Å². The van der Waals surface area contributed by atoms with Gasteiger partial charge in [0.1, 0.15) is 5.15 Å². The predicted octanol–water partition coefficient (Wildman–Crippen LogP) is 3.03. The lowest BCUT2D eigenvalue weighted by atomic mass is 10.1. The Morgan fingerprint density at radius 3 is 2.52 bits per heavy atom. The van der Waals surface area contributed by atoms with E-state index in [1.165, 1.54) is 11.3 Å². The van der Waals surface area contributed by atoms with E-state index < -0.39 is 0 Å². The molecule has 8 heteroatoms. The first-order chi connectivity index (χ1) is 13.1. The molecule has 1 aliphatic heterocycles. The van der Waals surface area contributed by atoms with Crippen molar-refractivity contribution in [2.45, 2.75) is 13.1 Å². The first-order valence-electron chi connectivity index (χ1n) is 8.95. The van der Waals surface area contributed by atoms with Gasteiger partial charge in [0.2, 0.25) is 0 Å². The Kier molecular flexibility index (Phi) is 6.88. The van der Waals surface area contributed by atoms with Gasteiger partial charge < -0.3 is 24.8 Å². The maximum Gasteiger partial charge on any atom is 0.191 e. The number of aromatic nitrogens is 1. The molecule has 0 bridgehead atoms. The number of halogens is 2. The standard InChI is InChI=1S/C19H25Cl2N5O/c1-22-19(24-13-15-11-16(20)18(21)25(15)2)23-12-14-5-3-4-6-17(14)26-7-9-27-10-8-26/h3-6,11H,7-10,12-13H2,1-2H3,(H2,22,23,24). The molecule has 1 aromatic carbocycles. The number of rotatable bonds is 5. The average Bonchev–Trinajstić information content (AvgIpc) is 2.96. The SMILES string of the molecule is CN=C(NCc1ccccc1N1CCOCC1)NCc1cc(Cl)c(Cl)n1C. The molecule has 3 rings (SSSR count). The lowest BCUT2D eigenvalue weighted by Crippen LogP contribution is -2.39. The van der Waals surface area contributed by atoms with Crippen LogP contribution in [0.3, 0.4) is 0 Å². The normalized spacial score (nSPS) is 15.1. The fourth-order valence-electron chi connectivity index (χ4n) is 3.11. The second-order valence-corrected chi connectivity index (χ2v) is 7.11. The van der Waals surface area contributed by atoms with Crippen LogP contribution in [0.5, 0.6) is 0 Å². The Morgan fingerprint density at radius 1 is 1.15 bits per heavy atom. The van der Waals surface area contributed by atoms with Gasteiger partial charge in [-0.15, -0.1) is 0 Å². The molecular formula is C19H25Cl2N5O. The molecule has 6 nitrogen and oxygen atoms in total. The highest BCUT2D eigenvalue weighted by molar-refractivity contribution is 6.41. The molecule has 27 heavy (non-hydrogen) atoms. The summed E-state index contributed by atoms with van der Waals surface area (Å²) in [6.45, 7) is 4.63. The zero-order chi connectivity index (χ0) is 19.2. The number of nitrogens with one attached hydrogen (secondary N) is 2. The molecule has 1 saturated heterocycles. The molecule has 2 N–H and O–H groups in total. The monoisotopic (exact) mass is 409 g/mol. The third-order valence-corrected chi connectivity index (χ3v) is 5.51. The maximum atomic E-state index is 6.12. The first-order valence-corrected chi connectivity index (χ1v) is 9.70. The van der Waals surface area contributed by atoms with Gasteiger partial charge in [-0.05, 0) is 17.7 Å². The molecule has 0 aliphatic carbocycles. The number of aliphatic imine (C=N–C) groups is 1. The fraction of sp³-hybridized carbons (Fsp3) is 0.421. The van der Waals surface area contributed by atoms with Crippen molar-refractivity contribution in [2.24, 2.45) is 12.0 Å². The number of para-hydroxylation sites is 1. The second-order valence-electron chi connectivity index (χ2n) is 6.34. The summed E-state index contributed by atoms with van der Waals surface area (Å²) in [4.78, 5) is 6.67. The van der Waals surface area contributed by atoms with Crippen molar-refractivity contribution < 1.29 is 4.74 Å². The Balaban J connectivity index is 1.60. The molecule has 0 radical (unpaired) electrons. The predicted molar refractivity (Wildman–Crippen MR) is 112 cm³/mol. The van der Waals surface area contributed by atoms with Gasteiger partial charge in [-0.2, -0.15) is 0 Å². The van der Waals surface area contributed by atoms with Gasteiger partial charge in [0.15, 0.2) is 5.96 Å². The quantitative estimate of drug-likeness (QED) is 0.588. The van der Waals surface area contributed by atoms with Crippen LogP contribution in [0.15, 0.2) is 35.3 Å². The highest BCUT2D eigenvalue weighted by Gasteiger charge is 2.14. The van der Waals surface area contributed by atoms with Gasteiger partial charge in [-0.25, -0.2) is 0 Å². The van der Waals surface area contributed by atoms with Crippen molar-refractivity contribution in [1.82, 2.24) is 15.2 Å². The lowest BCUT2D eigenvalue weighted by Gasteiger charge is -2.30. The number of ether oxygens (including phenoxy) is 1. The van der Waals surface area contributed by atoms with E-state index in [1.54, 1.807) is 7.05 Å². The summed E-state index contributed by atoms with van der Waals surface area (Å²) in [5, 5.41) is 7.78. The lowest BCUT2D eigenvalue weighted by molar-refractivity contribution is 0.122. The van der Waals surface area contributed by atoms with E-state index in [1.807, 2.05) is 17.7 Å². The molecule has 1 aliphatic rings. The summed E-state index contributed by atoms with van der Waals surface area (Å²) in [7, 11) is 3.65. The molecule has 0 amide bonds. The van der Waals surface area contributed by atoms with Crippen LogP contribution in [0.1, 0.15) is 11.3 Å². The van der Waals surface area contributed by atoms with Gasteiger partial charge in [-0.3, -0.25) is 4.99 Å². The Morgan fingerprint density at radius 2 is 1.85 bits per heavy atom. The fourth-order valence-corrected chi connectivity index (χ4v) is 3.52. The largest absolute Gasteiger partial charge is 0.378 e. The van der Waals surface area contributed by atoms with Crippen molar-refractivity contribution in [2.75, 3.05) is 38.3 Å². The number of benzene rings is 1. The second kappa shape index (κ2) is 9.35. The van der Waals surface area contributed by atoms with Crippen LogP contribution < -0.4 is 15.5 Å². The van der Waals surface area contributed by atoms with Crippen molar-refractivity contribution >= 4 is 34.8 Å². The van der Waals surface area contributed by atoms with Crippen LogP contribution in [-0.2, 0) is 24.9 Å². The van der Waals surface area contributed by atoms with Crippen molar-refractivity contribution in [1.29, 1.82) is 0 Å². The molecule has 0 unspecified atom stereocenters. The summed E-state index contributed by atoms with van der Waals surface area (Å²) >= 11 is 12.2. The Hall–Kier alpha value is -1.89. The molecular weight excluding hydrogens is 385 g/mol. The van der Waals surface area contributed by atoms with E-state index >= 15 is 0 Å². The van der Waals surface area contributed by atoms with E-state index in [0.717, 1.165) is 38.0 Å². The van der Waals surface area contributed by atoms with Crippen molar-refractivity contribution in [3.8, 4) is 0 Å². The minimum Gasteiger partial charge on any atom is -0.378 e. The number of hydrogen-bond acceptors (Lipinski definition) is 3. The highest BCUT2D eigenvalue weighted by atomic mass is 35.5. The maximum absolute atomic E-state index is 6.12. The van der Waals surface area contributed by atoms with Crippen LogP contribution in [0.4, 0.5) is 5.69 Å². The van der Waals surface area contributed by atoms with E-state index in [2.05, 4.69) is 44.8 Å². The number of guanidine groups is 1. The van der Waals surface area contributed by atoms with Crippen molar-refractivity contribution in [3.05, 3.63) is 51.8 Å². The molecule has 1 aromatic heterocycles. The molecule has 0 saturated carbocycles. The highest BCUT2D eigenvalue weighted by Crippen LogP contribution is 2.25. The summed E-state index contributed by atoms with van der Waals surface area (Å²) in [6, 6.07) is 10.3. The van der Waals surface area contributed by atoms with Crippen LogP contribution in [0, 0.1) is 0 Å². The third-order valence-electron chi connectivity index (χ3n) is 4.67. The number of hydrogen-bond donors (Lipinski definition) is 2. The topological polar surface area (TPSA) is 53.8 Å². The zero-order valence-electron chi connectivity index (χ0n) is 15.6. The summed E-state index contributed by atoms with van der Waals surface area (Å²) in [6.07, 6.45) is 0. The van der Waals surface area contributed by atoms with E-state index in [4.69, 9.17) is 27.9 Å². The van der Waals surface area contributed by atoms with E-state index in [0.29, 0.717) is 23.3 Å². The number of anilines is 1. The molecule has 1 fully saturated rings.